The van der Waals surface area contributed by atoms with Crippen molar-refractivity contribution in [1.29, 1.82) is 0 Å². The molecular formula is C13H21BrN2S. The molecule has 0 aliphatic carbocycles. The Bertz CT molecular complexity index is 347. The first-order valence-corrected chi connectivity index (χ1v) is 7.94. The fourth-order valence-corrected chi connectivity index (χ4v) is 3.94. The zero-order valence-corrected chi connectivity index (χ0v) is 13.0. The second-order valence-corrected chi connectivity index (χ2v) is 7.45. The first-order chi connectivity index (χ1) is 8.16. The van der Waals surface area contributed by atoms with Crippen LogP contribution >= 0.6 is 27.3 Å². The molecule has 2 heterocycles. The Labute approximate surface area is 117 Å². The van der Waals surface area contributed by atoms with Crippen LogP contribution in [-0.4, -0.2) is 31.6 Å². The summed E-state index contributed by atoms with van der Waals surface area (Å²) in [6, 6.07) is 4.91. The van der Waals surface area contributed by atoms with Gasteiger partial charge in [-0.15, -0.1) is 11.3 Å². The van der Waals surface area contributed by atoms with E-state index in [-0.39, 0.29) is 0 Å². The van der Waals surface area contributed by atoms with E-state index in [1.54, 1.807) is 0 Å². The highest BCUT2D eigenvalue weighted by Crippen LogP contribution is 2.30. The summed E-state index contributed by atoms with van der Waals surface area (Å²) < 4.78 is 1.23. The highest BCUT2D eigenvalue weighted by molar-refractivity contribution is 9.11. The number of thiophene rings is 1. The van der Waals surface area contributed by atoms with Crippen LogP contribution in [0, 0.1) is 5.92 Å². The predicted molar refractivity (Wildman–Crippen MR) is 78.7 cm³/mol. The fraction of sp³-hybridized carbons (Fsp3) is 0.692. The van der Waals surface area contributed by atoms with Gasteiger partial charge in [0, 0.05) is 17.5 Å². The van der Waals surface area contributed by atoms with Crippen molar-refractivity contribution >= 4 is 27.3 Å². The Morgan fingerprint density at radius 2 is 2.18 bits per heavy atom. The van der Waals surface area contributed by atoms with E-state index in [1.807, 2.05) is 11.3 Å². The Morgan fingerprint density at radius 1 is 1.47 bits per heavy atom. The number of nitrogens with one attached hydrogen (secondary N) is 1. The highest BCUT2D eigenvalue weighted by atomic mass is 79.9. The maximum atomic E-state index is 3.54. The summed E-state index contributed by atoms with van der Waals surface area (Å²) in [5.74, 6) is 0.868. The molecular weight excluding hydrogens is 296 g/mol. The average Bonchev–Trinajstić information content (AvgIpc) is 2.76. The van der Waals surface area contributed by atoms with E-state index < -0.39 is 0 Å². The molecule has 2 nitrogen and oxygen atoms in total. The molecule has 1 aromatic heterocycles. The first-order valence-electron chi connectivity index (χ1n) is 6.33. The molecule has 1 fully saturated rings. The molecule has 1 N–H and O–H groups in total. The van der Waals surface area contributed by atoms with Gasteiger partial charge in [-0.05, 0) is 73.9 Å². The van der Waals surface area contributed by atoms with Crippen LogP contribution in [0.1, 0.15) is 30.7 Å². The Hall–Kier alpha value is 0.1000. The van der Waals surface area contributed by atoms with E-state index in [2.05, 4.69) is 52.3 Å². The summed E-state index contributed by atoms with van der Waals surface area (Å²) in [5.41, 5.74) is 0. The van der Waals surface area contributed by atoms with E-state index in [1.165, 1.54) is 41.1 Å². The average molecular weight is 317 g/mol. The molecule has 4 heteroatoms. The lowest BCUT2D eigenvalue weighted by Gasteiger charge is -2.30. The lowest BCUT2D eigenvalue weighted by Crippen LogP contribution is -2.35. The molecule has 0 amide bonds. The van der Waals surface area contributed by atoms with Crippen LogP contribution in [0.4, 0.5) is 0 Å². The van der Waals surface area contributed by atoms with E-state index in [4.69, 9.17) is 0 Å². The van der Waals surface area contributed by atoms with Crippen molar-refractivity contribution < 1.29 is 0 Å². The number of nitrogens with zero attached hydrogens (tertiary/aromatic N) is 1. The van der Waals surface area contributed by atoms with Crippen LogP contribution < -0.4 is 5.32 Å². The van der Waals surface area contributed by atoms with Crippen molar-refractivity contribution in [2.45, 2.75) is 25.8 Å². The van der Waals surface area contributed by atoms with Crippen LogP contribution in [0.2, 0.25) is 0 Å². The zero-order valence-electron chi connectivity index (χ0n) is 10.6. The Morgan fingerprint density at radius 3 is 2.76 bits per heavy atom. The number of piperidine rings is 1. The third-order valence-corrected chi connectivity index (χ3v) is 5.47. The quantitative estimate of drug-likeness (QED) is 0.914. The molecule has 96 valence electrons. The van der Waals surface area contributed by atoms with Gasteiger partial charge in [-0.2, -0.15) is 0 Å². The zero-order chi connectivity index (χ0) is 12.3. The van der Waals surface area contributed by atoms with Gasteiger partial charge >= 0.3 is 0 Å². The predicted octanol–water partition coefficient (Wildman–Crippen LogP) is 3.50. The number of halogens is 1. The van der Waals surface area contributed by atoms with Crippen LogP contribution in [-0.2, 0) is 0 Å². The van der Waals surface area contributed by atoms with Gasteiger partial charge in [0.25, 0.3) is 0 Å². The van der Waals surface area contributed by atoms with Gasteiger partial charge in [-0.3, -0.25) is 4.90 Å². The van der Waals surface area contributed by atoms with Gasteiger partial charge in [0.15, 0.2) is 0 Å². The van der Waals surface area contributed by atoms with E-state index in [0.717, 1.165) is 5.92 Å². The van der Waals surface area contributed by atoms with E-state index in [0.29, 0.717) is 6.04 Å². The van der Waals surface area contributed by atoms with Gasteiger partial charge in [0.1, 0.15) is 0 Å². The van der Waals surface area contributed by atoms with E-state index in [9.17, 15) is 0 Å². The number of hydrogen-bond donors (Lipinski definition) is 1. The third-order valence-electron chi connectivity index (χ3n) is 3.67. The molecule has 0 saturated carbocycles. The minimum Gasteiger partial charge on any atom is -0.317 e. The molecule has 1 unspecified atom stereocenters. The maximum absolute atomic E-state index is 3.54. The van der Waals surface area contributed by atoms with Gasteiger partial charge in [0.05, 0.1) is 3.79 Å². The van der Waals surface area contributed by atoms with Gasteiger partial charge in [0.2, 0.25) is 0 Å². The maximum Gasteiger partial charge on any atom is 0.0701 e. The smallest absolute Gasteiger partial charge is 0.0701 e. The molecule has 0 radical (unpaired) electrons. The van der Waals surface area contributed by atoms with Crippen molar-refractivity contribution in [3.05, 3.63) is 20.8 Å². The van der Waals surface area contributed by atoms with Crippen molar-refractivity contribution in [2.24, 2.45) is 5.92 Å². The summed E-state index contributed by atoms with van der Waals surface area (Å²) in [6.07, 6.45) is 2.65. The molecule has 1 aliphatic heterocycles. The largest absolute Gasteiger partial charge is 0.317 e. The van der Waals surface area contributed by atoms with Crippen molar-refractivity contribution in [1.82, 2.24) is 10.2 Å². The monoisotopic (exact) mass is 316 g/mol. The minimum atomic E-state index is 0.529. The lowest BCUT2D eigenvalue weighted by atomic mass is 9.97. The first kappa shape index (κ1) is 13.5. The fourth-order valence-electron chi connectivity index (χ4n) is 2.40. The second-order valence-electron chi connectivity index (χ2n) is 4.95. The summed E-state index contributed by atoms with van der Waals surface area (Å²) in [6.45, 7) is 5.91. The normalized spacial score (nSPS) is 19.8. The van der Waals surface area contributed by atoms with Crippen LogP contribution in [0.15, 0.2) is 15.9 Å². The van der Waals surface area contributed by atoms with Crippen molar-refractivity contribution in [3.63, 3.8) is 0 Å². The topological polar surface area (TPSA) is 15.3 Å². The van der Waals surface area contributed by atoms with Crippen molar-refractivity contribution in [2.75, 3.05) is 26.7 Å². The lowest BCUT2D eigenvalue weighted by molar-refractivity contribution is 0.199. The number of hydrogen-bond acceptors (Lipinski definition) is 3. The van der Waals surface area contributed by atoms with Gasteiger partial charge in [-0.25, -0.2) is 0 Å². The summed E-state index contributed by atoms with van der Waals surface area (Å²) in [7, 11) is 2.25. The molecule has 0 bridgehead atoms. The summed E-state index contributed by atoms with van der Waals surface area (Å²) in [5, 5.41) is 3.43. The van der Waals surface area contributed by atoms with Crippen LogP contribution in [0.5, 0.6) is 0 Å². The Balaban J connectivity index is 1.88. The second kappa shape index (κ2) is 6.32. The molecule has 1 atom stereocenters. The van der Waals surface area contributed by atoms with Gasteiger partial charge in [-0.1, -0.05) is 0 Å². The molecule has 1 aliphatic rings. The SMILES string of the molecule is CC(c1ccc(Br)s1)N(C)CC1CCNCC1. The standard InChI is InChI=1S/C13H21BrN2S/c1-10(12-3-4-13(14)17-12)16(2)9-11-5-7-15-8-6-11/h3-4,10-11,15H,5-9H2,1-2H3. The molecule has 0 aromatic carbocycles. The molecule has 1 aromatic rings. The van der Waals surface area contributed by atoms with Crippen LogP contribution in [0.3, 0.4) is 0 Å². The third kappa shape index (κ3) is 3.78. The molecule has 0 spiro atoms. The molecule has 1 saturated heterocycles. The van der Waals surface area contributed by atoms with Crippen LogP contribution in [0.25, 0.3) is 0 Å². The molecule has 17 heavy (non-hydrogen) atoms. The van der Waals surface area contributed by atoms with Crippen molar-refractivity contribution in [3.8, 4) is 0 Å². The molecule has 2 rings (SSSR count). The summed E-state index contributed by atoms with van der Waals surface area (Å²) >= 11 is 5.39. The van der Waals surface area contributed by atoms with E-state index >= 15 is 0 Å². The van der Waals surface area contributed by atoms with Gasteiger partial charge < -0.3 is 5.32 Å². The Kier molecular flexibility index (Phi) is 5.03. The minimum absolute atomic E-state index is 0.529. The highest BCUT2D eigenvalue weighted by Gasteiger charge is 2.19. The summed E-state index contributed by atoms with van der Waals surface area (Å²) in [4.78, 5) is 3.95. The number of rotatable bonds is 4.